The third-order valence-electron chi connectivity index (χ3n) is 3.66. The van der Waals surface area contributed by atoms with Crippen molar-refractivity contribution in [1.82, 2.24) is 14.8 Å². The minimum atomic E-state index is 0.270. The molecule has 0 N–H and O–H groups in total. The van der Waals surface area contributed by atoms with E-state index in [1.165, 1.54) is 0 Å². The van der Waals surface area contributed by atoms with Gasteiger partial charge in [-0.15, -0.1) is 10.2 Å². The Kier molecular flexibility index (Phi) is 4.42. The zero-order chi connectivity index (χ0) is 16.4. The normalized spacial score (nSPS) is 13.4. The maximum atomic E-state index is 6.22. The highest BCUT2D eigenvalue weighted by molar-refractivity contribution is 7.98. The van der Waals surface area contributed by atoms with Crippen molar-refractivity contribution in [2.75, 3.05) is 6.79 Å². The molecular formula is C17H14ClN3O2S. The van der Waals surface area contributed by atoms with Crippen molar-refractivity contribution >= 4 is 23.4 Å². The molecule has 1 aliphatic heterocycles. The van der Waals surface area contributed by atoms with Gasteiger partial charge >= 0.3 is 0 Å². The zero-order valence-corrected chi connectivity index (χ0v) is 14.3. The molecule has 0 unspecified atom stereocenters. The van der Waals surface area contributed by atoms with Crippen molar-refractivity contribution in [3.05, 3.63) is 64.9 Å². The number of thioether (sulfide) groups is 1. The smallest absolute Gasteiger partial charge is 0.195 e. The van der Waals surface area contributed by atoms with E-state index in [9.17, 15) is 0 Å². The van der Waals surface area contributed by atoms with Crippen LogP contribution in [0, 0.1) is 0 Å². The van der Waals surface area contributed by atoms with Crippen LogP contribution < -0.4 is 4.74 Å². The fourth-order valence-corrected chi connectivity index (χ4v) is 3.75. The van der Waals surface area contributed by atoms with Crippen molar-refractivity contribution in [3.8, 4) is 11.4 Å². The number of halogens is 1. The lowest BCUT2D eigenvalue weighted by molar-refractivity contribution is -0.0168. The van der Waals surface area contributed by atoms with Crippen LogP contribution in [-0.2, 0) is 17.1 Å². The molecule has 0 fully saturated rings. The van der Waals surface area contributed by atoms with Crippen LogP contribution in [0.5, 0.6) is 5.75 Å². The van der Waals surface area contributed by atoms with Gasteiger partial charge in [0.1, 0.15) is 12.1 Å². The van der Waals surface area contributed by atoms with Gasteiger partial charge in [-0.2, -0.15) is 0 Å². The third-order valence-corrected chi connectivity index (χ3v) is 4.87. The molecule has 4 rings (SSSR count). The number of rotatable bonds is 4. The summed E-state index contributed by atoms with van der Waals surface area (Å²) in [4.78, 5) is 0. The van der Waals surface area contributed by atoms with Gasteiger partial charge in [-0.25, -0.2) is 0 Å². The molecule has 0 bridgehead atoms. The molecule has 1 aromatic heterocycles. The van der Waals surface area contributed by atoms with Crippen LogP contribution in [0.2, 0.25) is 5.02 Å². The van der Waals surface area contributed by atoms with Crippen molar-refractivity contribution in [2.24, 2.45) is 0 Å². The number of fused-ring (bicyclic) bond motifs is 1. The Morgan fingerprint density at radius 1 is 1.21 bits per heavy atom. The monoisotopic (exact) mass is 359 g/mol. The van der Waals surface area contributed by atoms with Crippen LogP contribution in [0.3, 0.4) is 0 Å². The molecule has 0 atom stereocenters. The average Bonchev–Trinajstić information content (AvgIpc) is 3.09. The summed E-state index contributed by atoms with van der Waals surface area (Å²) in [6, 6.07) is 13.8. The van der Waals surface area contributed by atoms with Crippen LogP contribution in [0.15, 0.2) is 53.9 Å². The Morgan fingerprint density at radius 3 is 2.96 bits per heavy atom. The van der Waals surface area contributed by atoms with E-state index in [4.69, 9.17) is 21.1 Å². The predicted octanol–water partition coefficient (Wildman–Crippen LogP) is 4.08. The number of benzene rings is 2. The topological polar surface area (TPSA) is 49.2 Å². The molecule has 2 aromatic carbocycles. The summed E-state index contributed by atoms with van der Waals surface area (Å²) in [5.74, 6) is 1.55. The predicted molar refractivity (Wildman–Crippen MR) is 92.7 cm³/mol. The number of ether oxygens (including phenoxy) is 2. The lowest BCUT2D eigenvalue weighted by Gasteiger charge is -2.21. The quantitative estimate of drug-likeness (QED) is 0.657. The molecule has 7 heteroatoms. The van der Waals surface area contributed by atoms with E-state index < -0.39 is 0 Å². The second kappa shape index (κ2) is 6.84. The Hall–Kier alpha value is -2.02. The molecule has 1 aliphatic rings. The van der Waals surface area contributed by atoms with Crippen LogP contribution >= 0.6 is 23.4 Å². The van der Waals surface area contributed by atoms with E-state index in [0.29, 0.717) is 17.4 Å². The summed E-state index contributed by atoms with van der Waals surface area (Å²) in [5, 5.41) is 9.75. The number of nitrogens with zero attached hydrogens (tertiary/aromatic N) is 3. The van der Waals surface area contributed by atoms with Gasteiger partial charge < -0.3 is 9.47 Å². The SMILES string of the molecule is Clc1cc2c(c(CSc3nncn3-c3ccccc3)c1)OCOC2. The van der Waals surface area contributed by atoms with Gasteiger partial charge in [0.15, 0.2) is 11.9 Å². The molecule has 5 nitrogen and oxygen atoms in total. The zero-order valence-electron chi connectivity index (χ0n) is 12.7. The van der Waals surface area contributed by atoms with Gasteiger partial charge in [0, 0.05) is 27.6 Å². The molecule has 2 heterocycles. The van der Waals surface area contributed by atoms with Crippen LogP contribution in [-0.4, -0.2) is 21.6 Å². The Labute approximate surface area is 148 Å². The Morgan fingerprint density at radius 2 is 2.08 bits per heavy atom. The summed E-state index contributed by atoms with van der Waals surface area (Å²) in [5.41, 5.74) is 3.05. The van der Waals surface area contributed by atoms with Gasteiger partial charge in [0.05, 0.1) is 6.61 Å². The van der Waals surface area contributed by atoms with Crippen LogP contribution in [0.25, 0.3) is 5.69 Å². The lowest BCUT2D eigenvalue weighted by atomic mass is 10.1. The van der Waals surface area contributed by atoms with E-state index in [2.05, 4.69) is 10.2 Å². The molecule has 0 spiro atoms. The highest BCUT2D eigenvalue weighted by atomic mass is 35.5. The van der Waals surface area contributed by atoms with Gasteiger partial charge in [0.2, 0.25) is 0 Å². The van der Waals surface area contributed by atoms with Crippen molar-refractivity contribution < 1.29 is 9.47 Å². The number of para-hydroxylation sites is 1. The maximum Gasteiger partial charge on any atom is 0.195 e. The number of hydrogen-bond donors (Lipinski definition) is 0. The molecule has 0 amide bonds. The molecule has 0 saturated carbocycles. The summed E-state index contributed by atoms with van der Waals surface area (Å²) in [7, 11) is 0. The molecule has 0 saturated heterocycles. The third kappa shape index (κ3) is 3.13. The second-order valence-corrected chi connectivity index (χ2v) is 6.65. The Balaban J connectivity index is 1.59. The highest BCUT2D eigenvalue weighted by Gasteiger charge is 2.17. The fourth-order valence-electron chi connectivity index (χ4n) is 2.59. The molecule has 0 radical (unpaired) electrons. The standard InChI is InChI=1S/C17H14ClN3O2S/c18-14-6-12-8-22-11-23-16(12)13(7-14)9-24-17-20-19-10-21(17)15-4-2-1-3-5-15/h1-7,10H,8-9,11H2. The van der Waals surface area contributed by atoms with Crippen molar-refractivity contribution in [1.29, 1.82) is 0 Å². The van der Waals surface area contributed by atoms with Crippen molar-refractivity contribution in [3.63, 3.8) is 0 Å². The van der Waals surface area contributed by atoms with Crippen molar-refractivity contribution in [2.45, 2.75) is 17.5 Å². The minimum absolute atomic E-state index is 0.270. The summed E-state index contributed by atoms with van der Waals surface area (Å²) in [6.07, 6.45) is 1.72. The van der Waals surface area contributed by atoms with E-state index in [1.54, 1.807) is 18.1 Å². The minimum Gasteiger partial charge on any atom is -0.467 e. The van der Waals surface area contributed by atoms with Gasteiger partial charge in [0.25, 0.3) is 0 Å². The van der Waals surface area contributed by atoms with Gasteiger partial charge in [-0.1, -0.05) is 41.6 Å². The molecule has 24 heavy (non-hydrogen) atoms. The molecule has 0 aliphatic carbocycles. The van der Waals surface area contributed by atoms with E-state index >= 15 is 0 Å². The summed E-state index contributed by atoms with van der Waals surface area (Å²) < 4.78 is 12.9. The first kappa shape index (κ1) is 15.5. The van der Waals surface area contributed by atoms with Gasteiger partial charge in [-0.3, -0.25) is 4.57 Å². The van der Waals surface area contributed by atoms with E-state index in [1.807, 2.05) is 47.0 Å². The average molecular weight is 360 g/mol. The maximum absolute atomic E-state index is 6.22. The van der Waals surface area contributed by atoms with Crippen LogP contribution in [0.1, 0.15) is 11.1 Å². The number of aromatic nitrogens is 3. The largest absolute Gasteiger partial charge is 0.467 e. The number of hydrogen-bond acceptors (Lipinski definition) is 5. The van der Waals surface area contributed by atoms with Crippen LogP contribution in [0.4, 0.5) is 0 Å². The first-order valence-corrected chi connectivity index (χ1v) is 8.78. The Bertz CT molecular complexity index is 854. The summed E-state index contributed by atoms with van der Waals surface area (Å²) >= 11 is 7.81. The first-order valence-electron chi connectivity index (χ1n) is 7.41. The van der Waals surface area contributed by atoms with E-state index in [-0.39, 0.29) is 6.79 Å². The second-order valence-electron chi connectivity index (χ2n) is 5.27. The highest BCUT2D eigenvalue weighted by Crippen LogP contribution is 2.35. The molecule has 122 valence electrons. The first-order chi connectivity index (χ1) is 11.8. The van der Waals surface area contributed by atoms with Gasteiger partial charge in [-0.05, 0) is 24.3 Å². The molecule has 3 aromatic rings. The fraction of sp³-hybridized carbons (Fsp3) is 0.176. The van der Waals surface area contributed by atoms with E-state index in [0.717, 1.165) is 27.7 Å². The lowest BCUT2D eigenvalue weighted by Crippen LogP contribution is -2.13. The molecular weight excluding hydrogens is 346 g/mol. The summed E-state index contributed by atoms with van der Waals surface area (Å²) in [6.45, 7) is 0.792.